The molecule has 0 unspecified atom stereocenters. The SMILES string of the molecule is COc1ccc([C@H]2CNCCN2C(=O)Cc2cccc(F)c2)cc1. The number of hydrogen-bond acceptors (Lipinski definition) is 3. The monoisotopic (exact) mass is 328 g/mol. The Labute approximate surface area is 141 Å². The number of rotatable bonds is 4. The van der Waals surface area contributed by atoms with Crippen LogP contribution in [-0.4, -0.2) is 37.6 Å². The topological polar surface area (TPSA) is 41.6 Å². The number of benzene rings is 2. The normalized spacial score (nSPS) is 17.6. The van der Waals surface area contributed by atoms with E-state index in [4.69, 9.17) is 4.74 Å². The molecular weight excluding hydrogens is 307 g/mol. The molecule has 1 heterocycles. The number of hydrogen-bond donors (Lipinski definition) is 1. The van der Waals surface area contributed by atoms with Crippen molar-refractivity contribution in [2.24, 2.45) is 0 Å². The first-order chi connectivity index (χ1) is 11.7. The Morgan fingerprint density at radius 1 is 1.29 bits per heavy atom. The summed E-state index contributed by atoms with van der Waals surface area (Å²) in [6.07, 6.45) is 0.213. The lowest BCUT2D eigenvalue weighted by Gasteiger charge is -2.36. The van der Waals surface area contributed by atoms with Gasteiger partial charge in [0.25, 0.3) is 0 Å². The van der Waals surface area contributed by atoms with Gasteiger partial charge in [-0.15, -0.1) is 0 Å². The fourth-order valence-corrected chi connectivity index (χ4v) is 3.05. The molecule has 4 nitrogen and oxygen atoms in total. The Kier molecular flexibility index (Phi) is 5.11. The van der Waals surface area contributed by atoms with Crippen molar-refractivity contribution in [3.05, 3.63) is 65.5 Å². The summed E-state index contributed by atoms with van der Waals surface area (Å²) in [7, 11) is 1.63. The van der Waals surface area contributed by atoms with E-state index in [0.29, 0.717) is 18.7 Å². The molecule has 0 spiro atoms. The molecule has 2 aromatic carbocycles. The van der Waals surface area contributed by atoms with E-state index in [1.54, 1.807) is 19.2 Å². The number of nitrogens with zero attached hydrogens (tertiary/aromatic N) is 1. The highest BCUT2D eigenvalue weighted by atomic mass is 19.1. The highest BCUT2D eigenvalue weighted by Gasteiger charge is 2.27. The molecule has 1 aliphatic heterocycles. The zero-order valence-electron chi connectivity index (χ0n) is 13.7. The Bertz CT molecular complexity index is 703. The van der Waals surface area contributed by atoms with Crippen LogP contribution in [0.25, 0.3) is 0 Å². The molecule has 2 aromatic rings. The highest BCUT2D eigenvalue weighted by molar-refractivity contribution is 5.79. The highest BCUT2D eigenvalue weighted by Crippen LogP contribution is 2.25. The summed E-state index contributed by atoms with van der Waals surface area (Å²) < 4.78 is 18.5. The van der Waals surface area contributed by atoms with Crippen molar-refractivity contribution >= 4 is 5.91 Å². The zero-order valence-corrected chi connectivity index (χ0v) is 13.7. The summed E-state index contributed by atoms with van der Waals surface area (Å²) in [6, 6.07) is 14.0. The lowest BCUT2D eigenvalue weighted by Crippen LogP contribution is -2.49. The number of piperazine rings is 1. The molecule has 1 N–H and O–H groups in total. The van der Waals surface area contributed by atoms with Crippen LogP contribution in [0.5, 0.6) is 5.75 Å². The van der Waals surface area contributed by atoms with Gasteiger partial charge < -0.3 is 15.0 Å². The van der Waals surface area contributed by atoms with Crippen molar-refractivity contribution in [3.8, 4) is 5.75 Å². The van der Waals surface area contributed by atoms with Gasteiger partial charge in [0, 0.05) is 19.6 Å². The van der Waals surface area contributed by atoms with Gasteiger partial charge in [0.2, 0.25) is 5.91 Å². The molecule has 5 heteroatoms. The molecule has 0 bridgehead atoms. The third kappa shape index (κ3) is 3.74. The summed E-state index contributed by atoms with van der Waals surface area (Å²) in [4.78, 5) is 14.6. The Morgan fingerprint density at radius 3 is 2.79 bits per heavy atom. The molecule has 0 aromatic heterocycles. The van der Waals surface area contributed by atoms with Crippen molar-refractivity contribution < 1.29 is 13.9 Å². The lowest BCUT2D eigenvalue weighted by molar-refractivity contribution is -0.133. The van der Waals surface area contributed by atoms with Crippen LogP contribution in [0.4, 0.5) is 4.39 Å². The van der Waals surface area contributed by atoms with E-state index < -0.39 is 0 Å². The smallest absolute Gasteiger partial charge is 0.227 e. The number of amides is 1. The predicted octanol–water partition coefficient (Wildman–Crippen LogP) is 2.55. The zero-order chi connectivity index (χ0) is 16.9. The third-order valence-corrected chi connectivity index (χ3v) is 4.31. The van der Waals surface area contributed by atoms with Crippen LogP contribution in [0.3, 0.4) is 0 Å². The maximum absolute atomic E-state index is 13.3. The molecule has 24 heavy (non-hydrogen) atoms. The minimum atomic E-state index is -0.313. The Hall–Kier alpha value is -2.40. The van der Waals surface area contributed by atoms with Gasteiger partial charge in [-0.3, -0.25) is 4.79 Å². The van der Waals surface area contributed by atoms with Gasteiger partial charge in [-0.1, -0.05) is 24.3 Å². The van der Waals surface area contributed by atoms with Gasteiger partial charge in [0.1, 0.15) is 11.6 Å². The van der Waals surface area contributed by atoms with Gasteiger partial charge in [0.15, 0.2) is 0 Å². The third-order valence-electron chi connectivity index (χ3n) is 4.31. The number of carbonyl (C=O) groups is 1. The van der Waals surface area contributed by atoms with Crippen molar-refractivity contribution in [3.63, 3.8) is 0 Å². The van der Waals surface area contributed by atoms with Gasteiger partial charge in [0.05, 0.1) is 19.6 Å². The van der Waals surface area contributed by atoms with Crippen molar-refractivity contribution in [2.75, 3.05) is 26.7 Å². The van der Waals surface area contributed by atoms with Crippen LogP contribution in [0.15, 0.2) is 48.5 Å². The average Bonchev–Trinajstić information content (AvgIpc) is 2.62. The first-order valence-corrected chi connectivity index (χ1v) is 8.06. The molecule has 1 fully saturated rings. The van der Waals surface area contributed by atoms with E-state index in [1.807, 2.05) is 29.2 Å². The van der Waals surface area contributed by atoms with Gasteiger partial charge in [-0.25, -0.2) is 4.39 Å². The minimum absolute atomic E-state index is 0.0166. The van der Waals surface area contributed by atoms with Crippen molar-refractivity contribution in [2.45, 2.75) is 12.5 Å². The largest absolute Gasteiger partial charge is 0.497 e. The molecule has 0 radical (unpaired) electrons. The molecule has 0 aliphatic carbocycles. The molecule has 1 saturated heterocycles. The second kappa shape index (κ2) is 7.45. The van der Waals surface area contributed by atoms with Gasteiger partial charge >= 0.3 is 0 Å². The molecule has 0 saturated carbocycles. The molecule has 1 aliphatic rings. The van der Waals surface area contributed by atoms with E-state index >= 15 is 0 Å². The standard InChI is InChI=1S/C19H21FN2O2/c1-24-17-7-5-15(6-8-17)18-13-21-9-10-22(18)19(23)12-14-3-2-4-16(20)11-14/h2-8,11,18,21H,9-10,12-13H2,1H3/t18-/m1/s1. The fraction of sp³-hybridized carbons (Fsp3) is 0.316. The number of carbonyl (C=O) groups excluding carboxylic acids is 1. The number of nitrogens with one attached hydrogen (secondary N) is 1. The van der Waals surface area contributed by atoms with Crippen LogP contribution in [0, 0.1) is 5.82 Å². The van der Waals surface area contributed by atoms with Crippen molar-refractivity contribution in [1.29, 1.82) is 0 Å². The number of ether oxygens (including phenoxy) is 1. The van der Waals surface area contributed by atoms with Crippen LogP contribution in [-0.2, 0) is 11.2 Å². The molecule has 126 valence electrons. The Balaban J connectivity index is 1.76. The second-order valence-corrected chi connectivity index (χ2v) is 5.89. The van der Waals surface area contributed by atoms with E-state index in [-0.39, 0.29) is 24.2 Å². The first-order valence-electron chi connectivity index (χ1n) is 8.06. The maximum atomic E-state index is 13.3. The molecular formula is C19H21FN2O2. The predicted molar refractivity (Wildman–Crippen MR) is 90.4 cm³/mol. The summed E-state index contributed by atoms with van der Waals surface area (Å²) in [5.74, 6) is 0.496. The van der Waals surface area contributed by atoms with Gasteiger partial charge in [-0.05, 0) is 35.4 Å². The van der Waals surface area contributed by atoms with Crippen LogP contribution >= 0.6 is 0 Å². The maximum Gasteiger partial charge on any atom is 0.227 e. The van der Waals surface area contributed by atoms with E-state index in [1.165, 1.54) is 12.1 Å². The summed E-state index contributed by atoms with van der Waals surface area (Å²) in [6.45, 7) is 2.12. The summed E-state index contributed by atoms with van der Waals surface area (Å²) >= 11 is 0. The quantitative estimate of drug-likeness (QED) is 0.938. The van der Waals surface area contributed by atoms with E-state index in [0.717, 1.165) is 17.9 Å². The van der Waals surface area contributed by atoms with Crippen LogP contribution < -0.4 is 10.1 Å². The second-order valence-electron chi connectivity index (χ2n) is 5.89. The van der Waals surface area contributed by atoms with Gasteiger partial charge in [-0.2, -0.15) is 0 Å². The molecule has 3 rings (SSSR count). The molecule has 1 atom stereocenters. The summed E-state index contributed by atoms with van der Waals surface area (Å²) in [5, 5.41) is 3.33. The fourth-order valence-electron chi connectivity index (χ4n) is 3.05. The number of halogens is 1. The van der Waals surface area contributed by atoms with Crippen LogP contribution in [0.2, 0.25) is 0 Å². The van der Waals surface area contributed by atoms with Crippen molar-refractivity contribution in [1.82, 2.24) is 10.2 Å². The minimum Gasteiger partial charge on any atom is -0.497 e. The van der Waals surface area contributed by atoms with E-state index in [9.17, 15) is 9.18 Å². The lowest BCUT2D eigenvalue weighted by atomic mass is 10.0. The van der Waals surface area contributed by atoms with E-state index in [2.05, 4.69) is 5.32 Å². The number of methoxy groups -OCH3 is 1. The Morgan fingerprint density at radius 2 is 2.08 bits per heavy atom. The summed E-state index contributed by atoms with van der Waals surface area (Å²) in [5.41, 5.74) is 1.77. The first kappa shape index (κ1) is 16.5. The average molecular weight is 328 g/mol. The molecule has 1 amide bonds. The van der Waals surface area contributed by atoms with Crippen LogP contribution in [0.1, 0.15) is 17.2 Å².